The monoisotopic (exact) mass is 370 g/mol. The molecule has 0 aliphatic carbocycles. The Morgan fingerprint density at radius 1 is 1.11 bits per heavy atom. The van der Waals surface area contributed by atoms with Gasteiger partial charge in [0.2, 0.25) is 11.9 Å². The SMILES string of the molecule is Cc1cc(=O)n(CC(=O)Nc2ccccc2F)c(Nc2ccc(F)cc2)n1. The van der Waals surface area contributed by atoms with Crippen LogP contribution < -0.4 is 16.2 Å². The van der Waals surface area contributed by atoms with Gasteiger partial charge in [-0.05, 0) is 43.3 Å². The van der Waals surface area contributed by atoms with Crippen LogP contribution in [0.4, 0.5) is 26.1 Å². The molecule has 0 spiro atoms. The second-order valence-electron chi connectivity index (χ2n) is 5.81. The van der Waals surface area contributed by atoms with Crippen LogP contribution in [0.15, 0.2) is 59.4 Å². The first-order valence-electron chi connectivity index (χ1n) is 8.08. The minimum atomic E-state index is -0.588. The molecular formula is C19H16F2N4O2. The Morgan fingerprint density at radius 3 is 2.52 bits per heavy atom. The molecule has 0 saturated carbocycles. The van der Waals surface area contributed by atoms with Crippen molar-refractivity contribution < 1.29 is 13.6 Å². The first kappa shape index (κ1) is 18.2. The minimum absolute atomic E-state index is 0.0173. The van der Waals surface area contributed by atoms with Gasteiger partial charge in [-0.2, -0.15) is 0 Å². The minimum Gasteiger partial charge on any atom is -0.326 e. The van der Waals surface area contributed by atoms with E-state index in [9.17, 15) is 18.4 Å². The summed E-state index contributed by atoms with van der Waals surface area (Å²) in [4.78, 5) is 28.8. The van der Waals surface area contributed by atoms with Crippen LogP contribution in [0, 0.1) is 18.6 Å². The quantitative estimate of drug-likeness (QED) is 0.723. The van der Waals surface area contributed by atoms with Crippen LogP contribution in [-0.4, -0.2) is 15.5 Å². The number of nitrogens with one attached hydrogen (secondary N) is 2. The zero-order valence-electron chi connectivity index (χ0n) is 14.4. The molecule has 3 rings (SSSR count). The van der Waals surface area contributed by atoms with Gasteiger partial charge in [-0.15, -0.1) is 0 Å². The second-order valence-corrected chi connectivity index (χ2v) is 5.81. The molecule has 0 unspecified atom stereocenters. The molecule has 0 fully saturated rings. The van der Waals surface area contributed by atoms with Gasteiger partial charge in [0.1, 0.15) is 18.2 Å². The second kappa shape index (κ2) is 7.77. The Kier molecular flexibility index (Phi) is 5.25. The molecule has 138 valence electrons. The lowest BCUT2D eigenvalue weighted by molar-refractivity contribution is -0.116. The Morgan fingerprint density at radius 2 is 1.81 bits per heavy atom. The van der Waals surface area contributed by atoms with Crippen LogP contribution in [-0.2, 0) is 11.3 Å². The third-order valence-electron chi connectivity index (χ3n) is 3.69. The van der Waals surface area contributed by atoms with Crippen molar-refractivity contribution in [2.75, 3.05) is 10.6 Å². The van der Waals surface area contributed by atoms with Crippen LogP contribution in [0.3, 0.4) is 0 Å². The summed E-state index contributed by atoms with van der Waals surface area (Å²) in [5, 5.41) is 5.31. The summed E-state index contributed by atoms with van der Waals surface area (Å²) in [6.07, 6.45) is 0. The van der Waals surface area contributed by atoms with Crippen molar-refractivity contribution in [2.45, 2.75) is 13.5 Å². The van der Waals surface area contributed by atoms with E-state index in [1.807, 2.05) is 0 Å². The molecule has 8 heteroatoms. The molecule has 1 aromatic heterocycles. The highest BCUT2D eigenvalue weighted by molar-refractivity contribution is 5.90. The largest absolute Gasteiger partial charge is 0.326 e. The molecule has 0 aliphatic rings. The highest BCUT2D eigenvalue weighted by Crippen LogP contribution is 2.16. The number of carbonyl (C=O) groups is 1. The molecule has 0 saturated heterocycles. The number of anilines is 3. The molecular weight excluding hydrogens is 354 g/mol. The number of carbonyl (C=O) groups excluding carboxylic acids is 1. The molecule has 2 aromatic carbocycles. The molecule has 2 N–H and O–H groups in total. The van der Waals surface area contributed by atoms with Crippen molar-refractivity contribution >= 4 is 23.2 Å². The van der Waals surface area contributed by atoms with Crippen LogP contribution in [0.2, 0.25) is 0 Å². The molecule has 0 bridgehead atoms. The predicted molar refractivity (Wildman–Crippen MR) is 97.9 cm³/mol. The van der Waals surface area contributed by atoms with Crippen molar-refractivity contribution in [3.63, 3.8) is 0 Å². The lowest BCUT2D eigenvalue weighted by Crippen LogP contribution is -2.30. The molecule has 0 radical (unpaired) electrons. The summed E-state index contributed by atoms with van der Waals surface area (Å²) < 4.78 is 27.9. The Balaban J connectivity index is 1.86. The molecule has 0 atom stereocenters. The van der Waals surface area contributed by atoms with E-state index in [1.54, 1.807) is 13.0 Å². The first-order chi connectivity index (χ1) is 12.9. The number of para-hydroxylation sites is 1. The van der Waals surface area contributed by atoms with Crippen LogP contribution in [0.1, 0.15) is 5.69 Å². The highest BCUT2D eigenvalue weighted by atomic mass is 19.1. The van der Waals surface area contributed by atoms with E-state index in [0.717, 1.165) is 4.57 Å². The van der Waals surface area contributed by atoms with Gasteiger partial charge in [0, 0.05) is 17.4 Å². The van der Waals surface area contributed by atoms with Crippen LogP contribution >= 0.6 is 0 Å². The summed E-state index contributed by atoms with van der Waals surface area (Å²) in [6, 6.07) is 12.5. The lowest BCUT2D eigenvalue weighted by atomic mass is 10.3. The maximum Gasteiger partial charge on any atom is 0.255 e. The number of hydrogen-bond donors (Lipinski definition) is 2. The molecule has 1 heterocycles. The first-order valence-corrected chi connectivity index (χ1v) is 8.08. The smallest absolute Gasteiger partial charge is 0.255 e. The van der Waals surface area contributed by atoms with Gasteiger partial charge in [-0.3, -0.25) is 14.2 Å². The third kappa shape index (κ3) is 4.55. The fourth-order valence-corrected chi connectivity index (χ4v) is 2.43. The summed E-state index contributed by atoms with van der Waals surface area (Å²) in [7, 11) is 0. The van der Waals surface area contributed by atoms with Gasteiger partial charge in [0.05, 0.1) is 5.69 Å². The normalized spacial score (nSPS) is 10.5. The van der Waals surface area contributed by atoms with E-state index in [2.05, 4.69) is 15.6 Å². The van der Waals surface area contributed by atoms with E-state index in [-0.39, 0.29) is 18.2 Å². The van der Waals surface area contributed by atoms with E-state index < -0.39 is 23.1 Å². The van der Waals surface area contributed by atoms with Crippen molar-refractivity contribution in [3.8, 4) is 0 Å². The van der Waals surface area contributed by atoms with Gasteiger partial charge in [-0.1, -0.05) is 12.1 Å². The molecule has 6 nitrogen and oxygen atoms in total. The Hall–Kier alpha value is -3.55. The standard InChI is InChI=1S/C19H16F2N4O2/c1-12-10-18(27)25(11-17(26)24-16-5-3-2-4-15(16)21)19(22-12)23-14-8-6-13(20)7-9-14/h2-10H,11H2,1H3,(H,22,23)(H,24,26). The summed E-state index contributed by atoms with van der Waals surface area (Å²) in [5.41, 5.74) is 0.520. The van der Waals surface area contributed by atoms with Gasteiger partial charge < -0.3 is 10.6 Å². The van der Waals surface area contributed by atoms with Crippen molar-refractivity contribution in [1.29, 1.82) is 0 Å². The number of halogens is 2. The van der Waals surface area contributed by atoms with E-state index in [0.29, 0.717) is 11.4 Å². The number of benzene rings is 2. The summed E-state index contributed by atoms with van der Waals surface area (Å²) in [6.45, 7) is 1.27. The average Bonchev–Trinajstić information content (AvgIpc) is 2.62. The van der Waals surface area contributed by atoms with Gasteiger partial charge in [0.15, 0.2) is 0 Å². The highest BCUT2D eigenvalue weighted by Gasteiger charge is 2.13. The summed E-state index contributed by atoms with van der Waals surface area (Å²) >= 11 is 0. The van der Waals surface area contributed by atoms with E-state index in [4.69, 9.17) is 0 Å². The third-order valence-corrected chi connectivity index (χ3v) is 3.69. The zero-order valence-corrected chi connectivity index (χ0v) is 14.4. The van der Waals surface area contributed by atoms with Crippen molar-refractivity contribution in [2.24, 2.45) is 0 Å². The number of hydrogen-bond acceptors (Lipinski definition) is 4. The predicted octanol–water partition coefficient (Wildman–Crippen LogP) is 3.21. The zero-order chi connectivity index (χ0) is 19.4. The molecule has 0 aliphatic heterocycles. The van der Waals surface area contributed by atoms with Crippen LogP contribution in [0.25, 0.3) is 0 Å². The van der Waals surface area contributed by atoms with Gasteiger partial charge in [0.25, 0.3) is 5.56 Å². The fraction of sp³-hybridized carbons (Fsp3) is 0.105. The van der Waals surface area contributed by atoms with Gasteiger partial charge in [-0.25, -0.2) is 13.8 Å². The Labute approximate surface area is 153 Å². The number of nitrogens with zero attached hydrogens (tertiary/aromatic N) is 2. The molecule has 27 heavy (non-hydrogen) atoms. The van der Waals surface area contributed by atoms with E-state index >= 15 is 0 Å². The Bertz CT molecular complexity index is 1030. The van der Waals surface area contributed by atoms with Crippen molar-refractivity contribution in [3.05, 3.63) is 82.3 Å². The van der Waals surface area contributed by atoms with Crippen LogP contribution in [0.5, 0.6) is 0 Å². The lowest BCUT2D eigenvalue weighted by Gasteiger charge is -2.14. The number of aromatic nitrogens is 2. The number of rotatable bonds is 5. The molecule has 3 aromatic rings. The number of aryl methyl sites for hydroxylation is 1. The summed E-state index contributed by atoms with van der Waals surface area (Å²) in [5.74, 6) is -1.45. The van der Waals surface area contributed by atoms with Gasteiger partial charge >= 0.3 is 0 Å². The fourth-order valence-electron chi connectivity index (χ4n) is 2.43. The average molecular weight is 370 g/mol. The number of amides is 1. The maximum atomic E-state index is 13.7. The maximum absolute atomic E-state index is 13.7. The van der Waals surface area contributed by atoms with E-state index in [1.165, 1.54) is 48.5 Å². The molecule has 1 amide bonds. The van der Waals surface area contributed by atoms with Crippen molar-refractivity contribution in [1.82, 2.24) is 9.55 Å². The topological polar surface area (TPSA) is 76.0 Å².